The summed E-state index contributed by atoms with van der Waals surface area (Å²) >= 11 is 0. The maximum absolute atomic E-state index is 11.0. The van der Waals surface area contributed by atoms with E-state index in [0.29, 0.717) is 29.3 Å². The highest BCUT2D eigenvalue weighted by Gasteiger charge is 2.55. The summed E-state index contributed by atoms with van der Waals surface area (Å²) in [4.78, 5) is 11.0. The quantitative estimate of drug-likeness (QED) is 0.159. The van der Waals surface area contributed by atoms with Gasteiger partial charge in [-0.05, 0) is 19.4 Å². The number of methoxy groups -OCH3 is 3. The van der Waals surface area contributed by atoms with Crippen molar-refractivity contribution in [3.8, 4) is 0 Å². The van der Waals surface area contributed by atoms with Gasteiger partial charge in [0, 0.05) is 34.0 Å². The van der Waals surface area contributed by atoms with E-state index < -0.39 is 25.8 Å². The first-order valence-corrected chi connectivity index (χ1v) is 10.00. The Kier molecular flexibility index (Phi) is 10.0. The van der Waals surface area contributed by atoms with Gasteiger partial charge >= 0.3 is 5.97 Å². The van der Waals surface area contributed by atoms with Crippen LogP contribution in [0.3, 0.4) is 0 Å². The molecule has 130 valence electrons. The molecule has 0 spiro atoms. The monoisotopic (exact) mass is 352 g/mol. The van der Waals surface area contributed by atoms with Crippen LogP contribution in [0.5, 0.6) is 0 Å². The molecule has 0 aromatic carbocycles. The summed E-state index contributed by atoms with van der Waals surface area (Å²) in [6.07, 6.45) is 1.66. The van der Waals surface area contributed by atoms with Crippen molar-refractivity contribution in [1.82, 2.24) is 0 Å². The Bertz CT molecular complexity index is 349. The van der Waals surface area contributed by atoms with Crippen LogP contribution in [0.2, 0.25) is 6.04 Å². The Balaban J connectivity index is 4.93. The van der Waals surface area contributed by atoms with Gasteiger partial charge in [0.15, 0.2) is 5.41 Å². The topological polar surface area (TPSA) is 83.5 Å². The molecular formula is C13H28O7Si2. The van der Waals surface area contributed by atoms with Crippen molar-refractivity contribution in [1.29, 1.82) is 0 Å². The average Bonchev–Trinajstić information content (AvgIpc) is 2.55. The SMILES string of the molecule is C=CC(=O)OCCC[SiH](OCC)C(O)(OC)C([SiH3])(OC)OC. The smallest absolute Gasteiger partial charge is 0.330 e. The predicted molar refractivity (Wildman–Crippen MR) is 88.0 cm³/mol. The van der Waals surface area contributed by atoms with E-state index in [1.807, 2.05) is 6.92 Å². The van der Waals surface area contributed by atoms with E-state index >= 15 is 0 Å². The molecular weight excluding hydrogens is 324 g/mol. The van der Waals surface area contributed by atoms with E-state index in [1.54, 1.807) is 0 Å². The van der Waals surface area contributed by atoms with Crippen molar-refractivity contribution in [3.63, 3.8) is 0 Å². The number of hydrogen-bond donors (Lipinski definition) is 1. The minimum absolute atomic E-state index is 0.231. The fraction of sp³-hybridized carbons (Fsp3) is 0.769. The summed E-state index contributed by atoms with van der Waals surface area (Å²) in [6, 6.07) is 0.541. The Hall–Kier alpha value is -0.556. The number of carbonyl (C=O) groups is 1. The molecule has 0 amide bonds. The molecule has 0 aromatic heterocycles. The first-order chi connectivity index (χ1) is 10.3. The van der Waals surface area contributed by atoms with Gasteiger partial charge in [0.2, 0.25) is 14.5 Å². The number of ether oxygens (including phenoxy) is 4. The maximum Gasteiger partial charge on any atom is 0.330 e. The largest absolute Gasteiger partial charge is 0.463 e. The predicted octanol–water partition coefficient (Wildman–Crippen LogP) is -0.948. The van der Waals surface area contributed by atoms with Gasteiger partial charge in [0.1, 0.15) is 0 Å². The molecule has 0 aromatic rings. The van der Waals surface area contributed by atoms with Crippen LogP contribution < -0.4 is 0 Å². The van der Waals surface area contributed by atoms with Gasteiger partial charge in [0.05, 0.1) is 16.8 Å². The molecule has 1 N–H and O–H groups in total. The Morgan fingerprint density at radius 1 is 1.32 bits per heavy atom. The Morgan fingerprint density at radius 2 is 1.91 bits per heavy atom. The van der Waals surface area contributed by atoms with Crippen LogP contribution in [0.1, 0.15) is 13.3 Å². The Labute approximate surface area is 136 Å². The van der Waals surface area contributed by atoms with Crippen molar-refractivity contribution in [3.05, 3.63) is 12.7 Å². The minimum Gasteiger partial charge on any atom is -0.463 e. The van der Waals surface area contributed by atoms with Crippen molar-refractivity contribution < 1.29 is 33.3 Å². The lowest BCUT2D eigenvalue weighted by Gasteiger charge is -2.45. The van der Waals surface area contributed by atoms with Crippen LogP contribution in [0, 0.1) is 0 Å². The van der Waals surface area contributed by atoms with Crippen LogP contribution in [0.25, 0.3) is 0 Å². The molecule has 7 nitrogen and oxygen atoms in total. The second-order valence-electron chi connectivity index (χ2n) is 4.71. The molecule has 0 radical (unpaired) electrons. The third-order valence-electron chi connectivity index (χ3n) is 3.57. The second kappa shape index (κ2) is 10.3. The van der Waals surface area contributed by atoms with E-state index in [-0.39, 0.29) is 6.61 Å². The molecule has 0 rings (SSSR count). The van der Waals surface area contributed by atoms with Gasteiger partial charge in [-0.2, -0.15) is 0 Å². The lowest BCUT2D eigenvalue weighted by Crippen LogP contribution is -2.67. The zero-order valence-corrected chi connectivity index (χ0v) is 17.2. The summed E-state index contributed by atoms with van der Waals surface area (Å²) in [6.45, 7) is 5.86. The zero-order valence-electron chi connectivity index (χ0n) is 14.1. The van der Waals surface area contributed by atoms with Gasteiger partial charge in [0.25, 0.3) is 0 Å². The maximum atomic E-state index is 11.0. The van der Waals surface area contributed by atoms with E-state index in [0.717, 1.165) is 6.08 Å². The highest BCUT2D eigenvalue weighted by molar-refractivity contribution is 6.56. The van der Waals surface area contributed by atoms with Crippen LogP contribution >= 0.6 is 0 Å². The van der Waals surface area contributed by atoms with Crippen molar-refractivity contribution in [2.24, 2.45) is 0 Å². The first-order valence-electron chi connectivity index (χ1n) is 7.13. The second-order valence-corrected chi connectivity index (χ2v) is 8.70. The molecule has 0 saturated heterocycles. The third kappa shape index (κ3) is 5.27. The van der Waals surface area contributed by atoms with Gasteiger partial charge in [-0.3, -0.25) is 0 Å². The number of rotatable bonds is 12. The third-order valence-corrected chi connectivity index (χ3v) is 8.98. The fourth-order valence-corrected chi connectivity index (χ4v) is 6.06. The zero-order chi connectivity index (χ0) is 17.2. The van der Waals surface area contributed by atoms with Crippen LogP contribution in [0.15, 0.2) is 12.7 Å². The van der Waals surface area contributed by atoms with E-state index in [9.17, 15) is 9.90 Å². The van der Waals surface area contributed by atoms with E-state index in [1.165, 1.54) is 21.3 Å². The number of hydrogen-bond acceptors (Lipinski definition) is 7. The number of aliphatic hydroxyl groups is 1. The summed E-state index contributed by atoms with van der Waals surface area (Å²) in [7, 11) is 2.42. The minimum atomic E-state index is -2.29. The van der Waals surface area contributed by atoms with Gasteiger partial charge in [-0.25, -0.2) is 4.79 Å². The van der Waals surface area contributed by atoms with Crippen molar-refractivity contribution in [2.45, 2.75) is 30.2 Å². The average molecular weight is 353 g/mol. The van der Waals surface area contributed by atoms with Crippen molar-refractivity contribution in [2.75, 3.05) is 34.5 Å². The molecule has 0 aliphatic carbocycles. The standard InChI is InChI=1S/C13H28O7Si2/c1-6-11(14)19-9-8-10-22(20-7-2)12(15,16-3)13(21,17-4)18-5/h6,15,22H,1,7-10H2,2-5,21H3. The molecule has 9 heteroatoms. The van der Waals surface area contributed by atoms with Gasteiger partial charge in [-0.15, -0.1) is 0 Å². The first kappa shape index (κ1) is 21.4. The van der Waals surface area contributed by atoms with Crippen LogP contribution in [-0.2, 0) is 28.2 Å². The molecule has 0 aliphatic rings. The molecule has 0 bridgehead atoms. The summed E-state index contributed by atoms with van der Waals surface area (Å²) in [5.41, 5.74) is -2.84. The van der Waals surface area contributed by atoms with Gasteiger partial charge in [-0.1, -0.05) is 6.58 Å². The summed E-state index contributed by atoms with van der Waals surface area (Å²) in [5.74, 6) is -0.470. The molecule has 0 aliphatic heterocycles. The summed E-state index contributed by atoms with van der Waals surface area (Å²) < 4.78 is 26.7. The molecule has 22 heavy (non-hydrogen) atoms. The normalized spacial score (nSPS) is 16.0. The van der Waals surface area contributed by atoms with E-state index in [2.05, 4.69) is 6.58 Å². The highest BCUT2D eigenvalue weighted by Crippen LogP contribution is 2.30. The fourth-order valence-electron chi connectivity index (χ4n) is 2.08. The van der Waals surface area contributed by atoms with Crippen LogP contribution in [-0.4, -0.2) is 75.7 Å². The van der Waals surface area contributed by atoms with Crippen molar-refractivity contribution >= 4 is 25.3 Å². The molecule has 0 heterocycles. The lowest BCUT2D eigenvalue weighted by molar-refractivity contribution is -0.306. The summed E-state index contributed by atoms with van der Waals surface area (Å²) in [5, 5.41) is 11.0. The molecule has 0 fully saturated rings. The molecule has 2 atom stereocenters. The molecule has 2 unspecified atom stereocenters. The molecule has 0 saturated carbocycles. The van der Waals surface area contributed by atoms with E-state index in [4.69, 9.17) is 23.4 Å². The number of esters is 1. The number of carbonyl (C=O) groups excluding carboxylic acids is 1. The lowest BCUT2D eigenvalue weighted by atomic mass is 10.5. The van der Waals surface area contributed by atoms with Gasteiger partial charge < -0.3 is 28.5 Å². The van der Waals surface area contributed by atoms with Crippen LogP contribution in [0.4, 0.5) is 0 Å². The highest BCUT2D eigenvalue weighted by atomic mass is 28.3. The Morgan fingerprint density at radius 3 is 2.32 bits per heavy atom.